The quantitative estimate of drug-likeness (QED) is 0.696. The molecule has 3 amide bonds. The second-order valence-electron chi connectivity index (χ2n) is 5.29. The molecule has 0 bridgehead atoms. The normalized spacial score (nSPS) is 10.3. The Labute approximate surface area is 153 Å². The number of rotatable bonds is 5. The Kier molecular flexibility index (Phi) is 6.33. The van der Waals surface area contributed by atoms with E-state index in [2.05, 4.69) is 36.9 Å². The average molecular weight is 411 g/mol. The molecule has 0 radical (unpaired) electrons. The van der Waals surface area contributed by atoms with Crippen molar-refractivity contribution in [2.24, 2.45) is 0 Å². The van der Waals surface area contributed by atoms with Crippen molar-refractivity contribution in [1.29, 1.82) is 0 Å². The molecule has 0 aliphatic rings. The molecule has 0 saturated heterocycles. The fraction of sp³-hybridized carbons (Fsp3) is 0.312. The van der Waals surface area contributed by atoms with Gasteiger partial charge in [0.25, 0.3) is 0 Å². The summed E-state index contributed by atoms with van der Waals surface area (Å²) in [5.74, 6) is -0.152. The fourth-order valence-corrected chi connectivity index (χ4v) is 3.20. The maximum Gasteiger partial charge on any atom is 0.319 e. The molecule has 0 aliphatic heterocycles. The highest BCUT2D eigenvalue weighted by Crippen LogP contribution is 2.23. The predicted molar refractivity (Wildman–Crippen MR) is 101 cm³/mol. The Hall–Kier alpha value is -1.93. The van der Waals surface area contributed by atoms with Crippen molar-refractivity contribution in [3.63, 3.8) is 0 Å². The molecule has 0 saturated carbocycles. The summed E-state index contributed by atoms with van der Waals surface area (Å²) in [4.78, 5) is 28.0. The van der Waals surface area contributed by atoms with Crippen LogP contribution < -0.4 is 16.0 Å². The minimum Gasteiger partial charge on any atom is -0.337 e. The van der Waals surface area contributed by atoms with Crippen molar-refractivity contribution < 1.29 is 9.59 Å². The number of aromatic nitrogens is 1. The van der Waals surface area contributed by atoms with E-state index in [-0.39, 0.29) is 24.9 Å². The molecular weight excluding hydrogens is 392 g/mol. The first kappa shape index (κ1) is 18.4. The van der Waals surface area contributed by atoms with Gasteiger partial charge in [-0.15, -0.1) is 11.3 Å². The molecule has 1 aromatic carbocycles. The second-order valence-corrected chi connectivity index (χ2v) is 7.40. The Balaban J connectivity index is 1.77. The number of nitrogens with one attached hydrogen (secondary N) is 3. The number of thiazole rings is 1. The first-order valence-corrected chi connectivity index (χ1v) is 9.01. The van der Waals surface area contributed by atoms with Crippen LogP contribution in [-0.4, -0.2) is 23.5 Å². The van der Waals surface area contributed by atoms with Gasteiger partial charge in [-0.05, 0) is 38.5 Å². The van der Waals surface area contributed by atoms with Gasteiger partial charge in [-0.2, -0.15) is 0 Å². The van der Waals surface area contributed by atoms with Crippen LogP contribution in [0.2, 0.25) is 0 Å². The van der Waals surface area contributed by atoms with E-state index in [1.165, 1.54) is 11.3 Å². The van der Waals surface area contributed by atoms with Crippen LogP contribution in [0, 0.1) is 20.8 Å². The van der Waals surface area contributed by atoms with Gasteiger partial charge in [0, 0.05) is 23.1 Å². The first-order valence-electron chi connectivity index (χ1n) is 7.40. The highest BCUT2D eigenvalue weighted by molar-refractivity contribution is 9.10. The number of benzene rings is 1. The Morgan fingerprint density at radius 3 is 2.62 bits per heavy atom. The van der Waals surface area contributed by atoms with E-state index in [1.807, 2.05) is 39.0 Å². The van der Waals surface area contributed by atoms with Gasteiger partial charge < -0.3 is 10.6 Å². The van der Waals surface area contributed by atoms with Gasteiger partial charge in [0.15, 0.2) is 0 Å². The lowest BCUT2D eigenvalue weighted by Crippen LogP contribution is -2.31. The van der Waals surface area contributed by atoms with E-state index >= 15 is 0 Å². The number of halogens is 1. The van der Waals surface area contributed by atoms with Gasteiger partial charge in [0.2, 0.25) is 5.91 Å². The Bertz CT molecular complexity index is 761. The zero-order valence-electron chi connectivity index (χ0n) is 13.7. The molecule has 2 aromatic rings. The average Bonchev–Trinajstić information content (AvgIpc) is 2.80. The van der Waals surface area contributed by atoms with E-state index < -0.39 is 0 Å². The van der Waals surface area contributed by atoms with Crippen LogP contribution in [0.5, 0.6) is 0 Å². The highest BCUT2D eigenvalue weighted by atomic mass is 79.9. The minimum absolute atomic E-state index is 0.152. The molecule has 0 spiro atoms. The maximum absolute atomic E-state index is 12.0. The van der Waals surface area contributed by atoms with Gasteiger partial charge in [-0.25, -0.2) is 9.78 Å². The van der Waals surface area contributed by atoms with Crippen molar-refractivity contribution in [2.75, 3.05) is 17.2 Å². The molecule has 1 heterocycles. The maximum atomic E-state index is 12.0. The molecule has 3 N–H and O–H groups in total. The summed E-state index contributed by atoms with van der Waals surface area (Å²) in [5, 5.41) is 9.86. The fourth-order valence-electron chi connectivity index (χ4n) is 2.03. The minimum atomic E-state index is -0.340. The van der Waals surface area contributed by atoms with Crippen molar-refractivity contribution in [1.82, 2.24) is 10.3 Å². The lowest BCUT2D eigenvalue weighted by molar-refractivity contribution is -0.116. The summed E-state index contributed by atoms with van der Waals surface area (Å²) in [5.41, 5.74) is 2.53. The third-order valence-electron chi connectivity index (χ3n) is 3.24. The van der Waals surface area contributed by atoms with Crippen LogP contribution >= 0.6 is 27.3 Å². The van der Waals surface area contributed by atoms with Crippen LogP contribution in [0.1, 0.15) is 22.7 Å². The lowest BCUT2D eigenvalue weighted by Gasteiger charge is -2.10. The number of aryl methyl sites for hydroxylation is 3. The number of urea groups is 1. The third-order valence-corrected chi connectivity index (χ3v) is 4.72. The molecule has 6 nitrogen and oxygen atoms in total. The van der Waals surface area contributed by atoms with Crippen LogP contribution in [0.25, 0.3) is 0 Å². The molecule has 24 heavy (non-hydrogen) atoms. The Morgan fingerprint density at radius 1 is 1.21 bits per heavy atom. The van der Waals surface area contributed by atoms with Crippen LogP contribution in [0.3, 0.4) is 0 Å². The number of carbonyl (C=O) groups excluding carboxylic acids is 2. The molecule has 0 aliphatic carbocycles. The number of amides is 3. The zero-order chi connectivity index (χ0) is 17.7. The van der Waals surface area contributed by atoms with Crippen LogP contribution in [0.15, 0.2) is 22.7 Å². The number of nitrogens with zero attached hydrogens (tertiary/aromatic N) is 1. The summed E-state index contributed by atoms with van der Waals surface area (Å²) >= 11 is 4.80. The summed E-state index contributed by atoms with van der Waals surface area (Å²) in [7, 11) is 0. The molecule has 0 fully saturated rings. The zero-order valence-corrected chi connectivity index (χ0v) is 16.1. The van der Waals surface area contributed by atoms with Crippen LogP contribution in [0.4, 0.5) is 15.5 Å². The van der Waals surface area contributed by atoms with Crippen molar-refractivity contribution in [3.8, 4) is 0 Å². The van der Waals surface area contributed by atoms with Gasteiger partial charge in [0.1, 0.15) is 5.00 Å². The van der Waals surface area contributed by atoms with Crippen molar-refractivity contribution in [3.05, 3.63) is 38.9 Å². The molecule has 0 atom stereocenters. The second kappa shape index (κ2) is 8.25. The number of anilines is 2. The SMILES string of the molecule is Cc1nc(C)c(NC(=O)NCCC(=O)Nc2cc(Br)ccc2C)s1. The largest absolute Gasteiger partial charge is 0.337 e. The third kappa shape index (κ3) is 5.31. The van der Waals surface area contributed by atoms with Gasteiger partial charge in [-0.1, -0.05) is 22.0 Å². The van der Waals surface area contributed by atoms with Gasteiger partial charge in [0.05, 0.1) is 10.7 Å². The van der Waals surface area contributed by atoms with Crippen molar-refractivity contribution >= 4 is 49.9 Å². The van der Waals surface area contributed by atoms with Crippen molar-refractivity contribution in [2.45, 2.75) is 27.2 Å². The molecule has 128 valence electrons. The monoisotopic (exact) mass is 410 g/mol. The number of hydrogen-bond acceptors (Lipinski definition) is 4. The van der Waals surface area contributed by atoms with E-state index in [0.29, 0.717) is 0 Å². The van der Waals surface area contributed by atoms with E-state index in [1.54, 1.807) is 0 Å². The molecule has 2 rings (SSSR count). The molecule has 1 aromatic heterocycles. The van der Waals surface area contributed by atoms with Gasteiger partial charge >= 0.3 is 6.03 Å². The highest BCUT2D eigenvalue weighted by Gasteiger charge is 2.10. The molecule has 0 unspecified atom stereocenters. The van der Waals surface area contributed by atoms with E-state index in [9.17, 15) is 9.59 Å². The van der Waals surface area contributed by atoms with Crippen LogP contribution in [-0.2, 0) is 4.79 Å². The number of carbonyl (C=O) groups is 2. The number of hydrogen-bond donors (Lipinski definition) is 3. The summed E-state index contributed by atoms with van der Waals surface area (Å²) < 4.78 is 0.899. The molecular formula is C16H19BrN4O2S. The summed E-state index contributed by atoms with van der Waals surface area (Å²) in [6.07, 6.45) is 0.195. The van der Waals surface area contributed by atoms with E-state index in [4.69, 9.17) is 0 Å². The first-order chi connectivity index (χ1) is 11.3. The topological polar surface area (TPSA) is 83.1 Å². The molecule has 8 heteroatoms. The summed E-state index contributed by atoms with van der Waals surface area (Å²) in [6, 6.07) is 5.35. The van der Waals surface area contributed by atoms with E-state index in [0.717, 1.165) is 31.4 Å². The van der Waals surface area contributed by atoms with Gasteiger partial charge in [-0.3, -0.25) is 10.1 Å². The Morgan fingerprint density at radius 2 is 1.96 bits per heavy atom. The standard InChI is InChI=1S/C16H19BrN4O2S/c1-9-4-5-12(17)8-13(9)20-14(22)6-7-18-16(23)21-15-10(2)19-11(3)24-15/h4-5,8H,6-7H2,1-3H3,(H,20,22)(H2,18,21,23). The summed E-state index contributed by atoms with van der Waals surface area (Å²) in [6.45, 7) is 5.90. The predicted octanol–water partition coefficient (Wildman–Crippen LogP) is 3.98. The lowest BCUT2D eigenvalue weighted by atomic mass is 10.2. The smallest absolute Gasteiger partial charge is 0.319 e.